The topological polar surface area (TPSA) is 0 Å². The van der Waals surface area contributed by atoms with Crippen molar-refractivity contribution in [1.82, 2.24) is 0 Å². The van der Waals surface area contributed by atoms with Gasteiger partial charge in [-0.3, -0.25) is 0 Å². The molecule has 0 amide bonds. The zero-order valence-corrected chi connectivity index (χ0v) is 5.21. The third-order valence-corrected chi connectivity index (χ3v) is 0. The van der Waals surface area contributed by atoms with Crippen molar-refractivity contribution in [3.8, 4) is 0 Å². The van der Waals surface area contributed by atoms with Gasteiger partial charge in [0.2, 0.25) is 0 Å². The number of hydrogen-bond donors (Lipinski definition) is 0. The molecular formula is BFeNiPd. The third-order valence-electron chi connectivity index (χ3n) is 0. The van der Waals surface area contributed by atoms with Crippen molar-refractivity contribution in [1.29, 1.82) is 0 Å². The molecule has 0 fully saturated rings. The Labute approximate surface area is 62.1 Å². The average Bonchev–Trinajstić information content (AvgIpc) is 0. The van der Waals surface area contributed by atoms with Crippen LogP contribution < -0.4 is 0 Å². The van der Waals surface area contributed by atoms with Gasteiger partial charge >= 0.3 is 0 Å². The maximum atomic E-state index is 0. The largest absolute Gasteiger partial charge is 0 e. The SMILES string of the molecule is [B].[Fe].[Ni].[Pd]. The second-order valence-electron chi connectivity index (χ2n) is 0. The maximum absolute atomic E-state index is 0. The first-order valence-corrected chi connectivity index (χ1v) is 0. The summed E-state index contributed by atoms with van der Waals surface area (Å²) in [5, 5.41) is 0. The molecule has 0 rings (SSSR count). The molecule has 0 unspecified atom stereocenters. The molecule has 4 heavy (non-hydrogen) atoms. The monoisotopic (exact) mass is 231 g/mol. The second-order valence-corrected chi connectivity index (χ2v) is 0. The molecule has 4 heteroatoms. The molecule has 0 aromatic carbocycles. The van der Waals surface area contributed by atoms with Crippen molar-refractivity contribution in [3.05, 3.63) is 0 Å². The van der Waals surface area contributed by atoms with E-state index in [1.807, 2.05) is 0 Å². The molecule has 0 heterocycles. The van der Waals surface area contributed by atoms with Crippen molar-refractivity contribution in [3.63, 3.8) is 0 Å². The first kappa shape index (κ1) is 42.6. The van der Waals surface area contributed by atoms with Crippen LogP contribution in [-0.4, -0.2) is 8.41 Å². The molecule has 0 spiro atoms. The Morgan fingerprint density at radius 3 is 1.00 bits per heavy atom. The predicted molar refractivity (Wildman–Crippen MR) is 5.75 cm³/mol. The summed E-state index contributed by atoms with van der Waals surface area (Å²) in [5.41, 5.74) is 0. The van der Waals surface area contributed by atoms with Gasteiger partial charge in [0.05, 0.1) is 0 Å². The fourth-order valence-corrected chi connectivity index (χ4v) is 0. The minimum absolute atomic E-state index is 0. The van der Waals surface area contributed by atoms with E-state index in [-0.39, 0.29) is 62.4 Å². The standard InChI is InChI=1S/B.Fe.Ni.Pd. The van der Waals surface area contributed by atoms with Gasteiger partial charge in [0.1, 0.15) is 0 Å². The maximum Gasteiger partial charge on any atom is 0 e. The van der Waals surface area contributed by atoms with Crippen LogP contribution in [-0.2, 0) is 54.0 Å². The fraction of sp³-hybridized carbons (Fsp3) is 0. The van der Waals surface area contributed by atoms with Crippen LogP contribution in [0.25, 0.3) is 0 Å². The average molecular weight is 232 g/mol. The van der Waals surface area contributed by atoms with Crippen molar-refractivity contribution in [2.45, 2.75) is 0 Å². The Hall–Kier alpha value is 1.74. The Morgan fingerprint density at radius 1 is 1.00 bits per heavy atom. The van der Waals surface area contributed by atoms with Gasteiger partial charge in [0.15, 0.2) is 0 Å². The van der Waals surface area contributed by atoms with Crippen LogP contribution in [0.5, 0.6) is 0 Å². The van der Waals surface area contributed by atoms with Crippen LogP contribution in [0.2, 0.25) is 0 Å². The summed E-state index contributed by atoms with van der Waals surface area (Å²) in [7, 11) is 0. The Kier molecular flexibility index (Phi) is 233. The van der Waals surface area contributed by atoms with Crippen molar-refractivity contribution >= 4 is 8.41 Å². The normalized spacial score (nSPS) is 0. The molecule has 0 saturated carbocycles. The van der Waals surface area contributed by atoms with E-state index >= 15 is 0 Å². The molecule has 0 bridgehead atoms. The summed E-state index contributed by atoms with van der Waals surface area (Å²) in [6.45, 7) is 0. The zero-order chi connectivity index (χ0) is 0. The van der Waals surface area contributed by atoms with Crippen LogP contribution in [0.3, 0.4) is 0 Å². The molecule has 0 saturated heterocycles. The van der Waals surface area contributed by atoms with Crippen LogP contribution >= 0.6 is 0 Å². The first-order valence-electron chi connectivity index (χ1n) is 0. The van der Waals surface area contributed by atoms with E-state index in [1.54, 1.807) is 0 Å². The molecule has 0 nitrogen and oxygen atoms in total. The molecular weight excluding hydrogens is 232 g/mol. The van der Waals surface area contributed by atoms with Gasteiger partial charge in [-0.1, -0.05) is 0 Å². The molecule has 0 aliphatic carbocycles. The summed E-state index contributed by atoms with van der Waals surface area (Å²) in [6.07, 6.45) is 0. The minimum Gasteiger partial charge on any atom is 0 e. The Bertz CT molecular complexity index is 8.00. The van der Waals surface area contributed by atoms with Crippen LogP contribution in [0, 0.1) is 0 Å². The van der Waals surface area contributed by atoms with Crippen LogP contribution in [0.4, 0.5) is 0 Å². The van der Waals surface area contributed by atoms with Gasteiger partial charge in [-0.15, -0.1) is 0 Å². The minimum atomic E-state index is 0. The van der Waals surface area contributed by atoms with Gasteiger partial charge in [-0.2, -0.15) is 0 Å². The van der Waals surface area contributed by atoms with E-state index in [4.69, 9.17) is 0 Å². The van der Waals surface area contributed by atoms with Gasteiger partial charge in [-0.05, 0) is 0 Å². The molecule has 0 aliphatic rings. The molecule has 0 N–H and O–H groups in total. The molecule has 0 aromatic heterocycles. The van der Waals surface area contributed by atoms with Crippen molar-refractivity contribution in [2.75, 3.05) is 0 Å². The molecule has 0 aromatic rings. The molecule has 0 atom stereocenters. The Morgan fingerprint density at radius 2 is 1.00 bits per heavy atom. The van der Waals surface area contributed by atoms with Gasteiger partial charge in [0, 0.05) is 62.4 Å². The van der Waals surface area contributed by atoms with E-state index in [0.717, 1.165) is 0 Å². The number of hydrogen-bond acceptors (Lipinski definition) is 0. The third kappa shape index (κ3) is 9.27. The first-order chi connectivity index (χ1) is 0. The summed E-state index contributed by atoms with van der Waals surface area (Å²) >= 11 is 0. The van der Waals surface area contributed by atoms with E-state index in [0.29, 0.717) is 0 Å². The van der Waals surface area contributed by atoms with E-state index in [9.17, 15) is 0 Å². The second kappa shape index (κ2) is 21.9. The smallest absolute Gasteiger partial charge is 0 e. The van der Waals surface area contributed by atoms with Crippen LogP contribution in [0.15, 0.2) is 0 Å². The quantitative estimate of drug-likeness (QED) is 0.499. The van der Waals surface area contributed by atoms with E-state index in [1.165, 1.54) is 0 Å². The molecule has 0 aliphatic heterocycles. The van der Waals surface area contributed by atoms with Crippen molar-refractivity contribution < 1.29 is 54.0 Å². The summed E-state index contributed by atoms with van der Waals surface area (Å²) in [6, 6.07) is 0. The molecule has 31 valence electrons. The van der Waals surface area contributed by atoms with E-state index in [2.05, 4.69) is 0 Å². The van der Waals surface area contributed by atoms with Crippen molar-refractivity contribution in [2.24, 2.45) is 0 Å². The predicted octanol–water partition coefficient (Wildman–Crippen LogP) is -0.388. The summed E-state index contributed by atoms with van der Waals surface area (Å²) < 4.78 is 0. The van der Waals surface area contributed by atoms with Gasteiger partial charge in [0.25, 0.3) is 0 Å². The van der Waals surface area contributed by atoms with Gasteiger partial charge < -0.3 is 0 Å². The number of rotatable bonds is 0. The van der Waals surface area contributed by atoms with Crippen LogP contribution in [0.1, 0.15) is 0 Å². The molecule has 3 radical (unpaired) electrons. The van der Waals surface area contributed by atoms with E-state index < -0.39 is 0 Å². The Balaban J connectivity index is 0. The van der Waals surface area contributed by atoms with Gasteiger partial charge in [-0.25, -0.2) is 0 Å². The summed E-state index contributed by atoms with van der Waals surface area (Å²) in [4.78, 5) is 0. The summed E-state index contributed by atoms with van der Waals surface area (Å²) in [5.74, 6) is 0. The fourth-order valence-electron chi connectivity index (χ4n) is 0. The zero-order valence-electron chi connectivity index (χ0n) is 1.56.